The predicted molar refractivity (Wildman–Crippen MR) is 96.3 cm³/mol. The van der Waals surface area contributed by atoms with Gasteiger partial charge in [-0.05, 0) is 18.1 Å². The van der Waals surface area contributed by atoms with Crippen LogP contribution >= 0.6 is 24.0 Å². The highest BCUT2D eigenvalue weighted by Crippen LogP contribution is 2.14. The summed E-state index contributed by atoms with van der Waals surface area (Å²) in [6.07, 6.45) is 0. The Balaban J connectivity index is 0.00000400. The maximum atomic E-state index is 10.5. The van der Waals surface area contributed by atoms with E-state index >= 15 is 0 Å². The molecule has 0 aliphatic heterocycles. The van der Waals surface area contributed by atoms with Crippen molar-refractivity contribution >= 4 is 41.3 Å². The molecular weight excluding hydrogens is 385 g/mol. The molecule has 0 radical (unpaired) electrons. The first kappa shape index (κ1) is 19.4. The van der Waals surface area contributed by atoms with Crippen LogP contribution in [-0.4, -0.2) is 30.5 Å². The predicted octanol–water partition coefficient (Wildman–Crippen LogP) is 2.19. The summed E-state index contributed by atoms with van der Waals surface area (Å²) in [7, 11) is 0. The normalized spacial score (nSPS) is 10.9. The van der Waals surface area contributed by atoms with Crippen molar-refractivity contribution in [3.8, 4) is 0 Å². The van der Waals surface area contributed by atoms with E-state index in [1.54, 1.807) is 12.1 Å². The van der Waals surface area contributed by atoms with Crippen LogP contribution in [0.5, 0.6) is 0 Å². The highest BCUT2D eigenvalue weighted by atomic mass is 127. The fraction of sp³-hybridized carbons (Fsp3) is 0.462. The van der Waals surface area contributed by atoms with Crippen molar-refractivity contribution in [2.24, 2.45) is 16.6 Å². The molecule has 1 aromatic rings. The molecular formula is C13H22IN5O2. The number of nitrogens with one attached hydrogen (secondary N) is 2. The summed E-state index contributed by atoms with van der Waals surface area (Å²) in [6, 6.07) is 6.28. The van der Waals surface area contributed by atoms with Crippen molar-refractivity contribution < 1.29 is 4.92 Å². The molecule has 0 fully saturated rings. The molecule has 1 aromatic carbocycles. The Morgan fingerprint density at radius 2 is 1.95 bits per heavy atom. The average molecular weight is 407 g/mol. The number of non-ortho nitro benzene ring substituents is 1. The van der Waals surface area contributed by atoms with Crippen LogP contribution in [0.1, 0.15) is 13.8 Å². The third-order valence-electron chi connectivity index (χ3n) is 2.47. The first-order valence-corrected chi connectivity index (χ1v) is 6.51. The number of anilines is 1. The summed E-state index contributed by atoms with van der Waals surface area (Å²) < 4.78 is 0. The number of nitrogens with zero attached hydrogens (tertiary/aromatic N) is 2. The molecule has 118 valence electrons. The molecule has 8 heteroatoms. The van der Waals surface area contributed by atoms with E-state index in [-0.39, 0.29) is 29.7 Å². The van der Waals surface area contributed by atoms with Gasteiger partial charge in [0.25, 0.3) is 5.69 Å². The number of aliphatic imine (C=N–C) groups is 1. The van der Waals surface area contributed by atoms with Gasteiger partial charge in [-0.1, -0.05) is 13.8 Å². The third kappa shape index (κ3) is 8.33. The molecule has 0 spiro atoms. The van der Waals surface area contributed by atoms with Gasteiger partial charge in [0.1, 0.15) is 0 Å². The van der Waals surface area contributed by atoms with E-state index in [1.807, 2.05) is 0 Å². The van der Waals surface area contributed by atoms with E-state index in [4.69, 9.17) is 5.73 Å². The summed E-state index contributed by atoms with van der Waals surface area (Å²) in [5, 5.41) is 16.6. The zero-order valence-electron chi connectivity index (χ0n) is 12.2. The lowest BCUT2D eigenvalue weighted by Gasteiger charge is -2.08. The Bertz CT molecular complexity index is 462. The summed E-state index contributed by atoms with van der Waals surface area (Å²) in [4.78, 5) is 14.3. The number of nitro benzene ring substituents is 1. The van der Waals surface area contributed by atoms with Crippen LogP contribution in [0.3, 0.4) is 0 Å². The van der Waals surface area contributed by atoms with Crippen LogP contribution in [-0.2, 0) is 0 Å². The number of guanidine groups is 1. The van der Waals surface area contributed by atoms with E-state index in [1.165, 1.54) is 12.1 Å². The molecule has 0 saturated heterocycles. The number of halogens is 1. The maximum Gasteiger partial charge on any atom is 0.269 e. The fourth-order valence-corrected chi connectivity index (χ4v) is 1.44. The Kier molecular flexibility index (Phi) is 9.42. The molecule has 21 heavy (non-hydrogen) atoms. The molecule has 0 heterocycles. The highest BCUT2D eigenvalue weighted by molar-refractivity contribution is 14.0. The van der Waals surface area contributed by atoms with Crippen molar-refractivity contribution in [2.45, 2.75) is 13.8 Å². The van der Waals surface area contributed by atoms with Gasteiger partial charge in [-0.15, -0.1) is 24.0 Å². The summed E-state index contributed by atoms with van der Waals surface area (Å²) >= 11 is 0. The van der Waals surface area contributed by atoms with Crippen molar-refractivity contribution in [1.82, 2.24) is 5.32 Å². The summed E-state index contributed by atoms with van der Waals surface area (Å²) in [6.45, 7) is 6.13. The van der Waals surface area contributed by atoms with Crippen molar-refractivity contribution in [3.63, 3.8) is 0 Å². The van der Waals surface area contributed by atoms with Gasteiger partial charge >= 0.3 is 0 Å². The number of nitro groups is 1. The fourth-order valence-electron chi connectivity index (χ4n) is 1.44. The second kappa shape index (κ2) is 10.2. The van der Waals surface area contributed by atoms with Crippen LogP contribution in [0.4, 0.5) is 11.4 Å². The maximum absolute atomic E-state index is 10.5. The molecule has 7 nitrogen and oxygen atoms in total. The lowest BCUT2D eigenvalue weighted by molar-refractivity contribution is -0.384. The third-order valence-corrected chi connectivity index (χ3v) is 2.47. The zero-order chi connectivity index (χ0) is 15.0. The number of hydrogen-bond donors (Lipinski definition) is 3. The number of benzene rings is 1. The van der Waals surface area contributed by atoms with E-state index in [2.05, 4.69) is 29.5 Å². The van der Waals surface area contributed by atoms with Crippen LogP contribution in [0.2, 0.25) is 0 Å². The van der Waals surface area contributed by atoms with Crippen LogP contribution < -0.4 is 16.4 Å². The van der Waals surface area contributed by atoms with Gasteiger partial charge < -0.3 is 16.4 Å². The van der Waals surface area contributed by atoms with Gasteiger partial charge in [0.2, 0.25) is 0 Å². The molecule has 0 bridgehead atoms. The van der Waals surface area contributed by atoms with Crippen molar-refractivity contribution in [1.29, 1.82) is 0 Å². The van der Waals surface area contributed by atoms with Gasteiger partial charge in [0.05, 0.1) is 4.92 Å². The molecule has 4 N–H and O–H groups in total. The minimum absolute atomic E-state index is 0. The van der Waals surface area contributed by atoms with Crippen LogP contribution in [0.15, 0.2) is 29.3 Å². The van der Waals surface area contributed by atoms with Crippen molar-refractivity contribution in [3.05, 3.63) is 34.4 Å². The van der Waals surface area contributed by atoms with E-state index in [0.717, 1.165) is 5.69 Å². The smallest absolute Gasteiger partial charge is 0.269 e. The molecule has 0 unspecified atom stereocenters. The van der Waals surface area contributed by atoms with Gasteiger partial charge in [-0.3, -0.25) is 15.1 Å². The summed E-state index contributed by atoms with van der Waals surface area (Å²) in [5.41, 5.74) is 6.60. The molecule has 0 aliphatic rings. The Morgan fingerprint density at radius 3 is 2.48 bits per heavy atom. The van der Waals surface area contributed by atoms with Gasteiger partial charge in [0, 0.05) is 37.5 Å². The van der Waals surface area contributed by atoms with Crippen LogP contribution in [0, 0.1) is 16.0 Å². The topological polar surface area (TPSA) is 106 Å². The number of rotatable bonds is 7. The lowest BCUT2D eigenvalue weighted by Crippen LogP contribution is -2.35. The summed E-state index contributed by atoms with van der Waals surface area (Å²) in [5.74, 6) is 0.915. The van der Waals surface area contributed by atoms with E-state index in [9.17, 15) is 10.1 Å². The van der Waals surface area contributed by atoms with Crippen molar-refractivity contribution in [2.75, 3.05) is 25.0 Å². The molecule has 0 atom stereocenters. The average Bonchev–Trinajstić information content (AvgIpc) is 2.42. The minimum atomic E-state index is -0.419. The number of hydrogen-bond acceptors (Lipinski definition) is 4. The second-order valence-corrected chi connectivity index (χ2v) is 4.78. The minimum Gasteiger partial charge on any atom is -0.383 e. The SMILES string of the molecule is CC(C)CN=C(N)NCCNc1ccc([N+](=O)[O-])cc1.I. The van der Waals surface area contributed by atoms with Gasteiger partial charge in [0.15, 0.2) is 5.96 Å². The molecule has 0 aliphatic carbocycles. The molecule has 1 rings (SSSR count). The Hall–Kier alpha value is -1.58. The van der Waals surface area contributed by atoms with E-state index in [0.29, 0.717) is 31.5 Å². The van der Waals surface area contributed by atoms with Gasteiger partial charge in [-0.25, -0.2) is 0 Å². The van der Waals surface area contributed by atoms with Gasteiger partial charge in [-0.2, -0.15) is 0 Å². The standard InChI is InChI=1S/C13H21N5O2.HI/c1-10(2)9-17-13(14)16-8-7-15-11-3-5-12(6-4-11)18(19)20;/h3-6,10,15H,7-9H2,1-2H3,(H3,14,16,17);1H. The van der Waals surface area contributed by atoms with E-state index < -0.39 is 4.92 Å². The first-order chi connectivity index (χ1) is 9.49. The largest absolute Gasteiger partial charge is 0.383 e. The Labute approximate surface area is 141 Å². The Morgan fingerprint density at radius 1 is 1.33 bits per heavy atom. The molecule has 0 amide bonds. The second-order valence-electron chi connectivity index (χ2n) is 4.78. The molecule has 0 saturated carbocycles. The quantitative estimate of drug-likeness (QED) is 0.161. The first-order valence-electron chi connectivity index (χ1n) is 6.51. The monoisotopic (exact) mass is 407 g/mol. The highest BCUT2D eigenvalue weighted by Gasteiger charge is 2.03. The number of nitrogens with two attached hydrogens (primary N) is 1. The molecule has 0 aromatic heterocycles. The lowest BCUT2D eigenvalue weighted by atomic mass is 10.2. The van der Waals surface area contributed by atoms with Crippen LogP contribution in [0.25, 0.3) is 0 Å². The zero-order valence-corrected chi connectivity index (χ0v) is 14.5.